The predicted octanol–water partition coefficient (Wildman–Crippen LogP) is 6.56. The van der Waals surface area contributed by atoms with Crippen molar-refractivity contribution in [1.29, 1.82) is 0 Å². The van der Waals surface area contributed by atoms with Crippen LogP contribution < -0.4 is 0 Å². The molecule has 0 nitrogen and oxygen atoms in total. The zero-order chi connectivity index (χ0) is 12.6. The Hall–Kier alpha value is 0.460. The maximum atomic E-state index is 6.52. The first-order valence-corrected chi connectivity index (χ1v) is 8.05. The molecule has 5 heteroatoms. The summed E-state index contributed by atoms with van der Waals surface area (Å²) in [4.78, 5) is 1.22. The molecule has 0 saturated carbocycles. The molecule has 0 radical (unpaired) electrons. The van der Waals surface area contributed by atoms with Crippen LogP contribution in [0.3, 0.4) is 0 Å². The monoisotopic (exact) mass is 412 g/mol. The maximum absolute atomic E-state index is 6.52. The zero-order valence-corrected chi connectivity index (χ0v) is 14.3. The molecule has 0 saturated heterocycles. The highest BCUT2D eigenvalue weighted by Crippen LogP contribution is 2.40. The number of benzene rings is 1. The molecule has 0 amide bonds. The normalized spacial score (nSPS) is 12.8. The van der Waals surface area contributed by atoms with E-state index in [1.54, 1.807) is 11.3 Å². The first-order chi connectivity index (χ1) is 7.99. The molecule has 17 heavy (non-hydrogen) atoms. The number of halogens is 4. The van der Waals surface area contributed by atoms with Gasteiger partial charge < -0.3 is 0 Å². The van der Waals surface area contributed by atoms with E-state index in [0.29, 0.717) is 5.02 Å². The first-order valence-electron chi connectivity index (χ1n) is 4.84. The van der Waals surface area contributed by atoms with Gasteiger partial charge in [0.05, 0.1) is 9.16 Å². The standard InChI is InChI=1S/C12H8Br2Cl2S/c1-6-9(5-11(14)17-6)12(16)8-3-2-7(15)4-10(8)13/h2-5,12H,1H3. The third-order valence-electron chi connectivity index (χ3n) is 2.43. The molecule has 1 aromatic carbocycles. The van der Waals surface area contributed by atoms with E-state index in [0.717, 1.165) is 19.4 Å². The molecule has 0 aliphatic rings. The van der Waals surface area contributed by atoms with E-state index in [9.17, 15) is 0 Å². The third kappa shape index (κ3) is 3.07. The van der Waals surface area contributed by atoms with Crippen molar-refractivity contribution >= 4 is 66.4 Å². The molecule has 0 spiro atoms. The second-order valence-corrected chi connectivity index (χ2v) is 7.95. The minimum atomic E-state index is -0.163. The Balaban J connectivity index is 2.43. The van der Waals surface area contributed by atoms with Gasteiger partial charge in [-0.25, -0.2) is 0 Å². The van der Waals surface area contributed by atoms with Crippen molar-refractivity contribution < 1.29 is 0 Å². The van der Waals surface area contributed by atoms with Gasteiger partial charge in [0.15, 0.2) is 0 Å². The van der Waals surface area contributed by atoms with Crippen LogP contribution in [-0.4, -0.2) is 0 Å². The molecule has 1 unspecified atom stereocenters. The van der Waals surface area contributed by atoms with Crippen LogP contribution in [0.2, 0.25) is 5.02 Å². The SMILES string of the molecule is Cc1sc(Br)cc1C(Cl)c1ccc(Cl)cc1Br. The highest BCUT2D eigenvalue weighted by atomic mass is 79.9. The van der Waals surface area contributed by atoms with Gasteiger partial charge in [-0.3, -0.25) is 0 Å². The first kappa shape index (κ1) is 13.9. The lowest BCUT2D eigenvalue weighted by Crippen LogP contribution is -1.94. The van der Waals surface area contributed by atoms with Crippen molar-refractivity contribution in [3.8, 4) is 0 Å². The third-order valence-corrected chi connectivity index (χ3v) is 5.40. The number of rotatable bonds is 2. The van der Waals surface area contributed by atoms with Crippen LogP contribution in [0.15, 0.2) is 32.5 Å². The summed E-state index contributed by atoms with van der Waals surface area (Å²) in [6.07, 6.45) is 0. The molecule has 1 heterocycles. The number of hydrogen-bond donors (Lipinski definition) is 0. The molecular formula is C12H8Br2Cl2S. The summed E-state index contributed by atoms with van der Waals surface area (Å²) in [5.74, 6) is 0. The summed E-state index contributed by atoms with van der Waals surface area (Å²) in [5, 5.41) is 0.539. The fourth-order valence-corrected chi connectivity index (χ4v) is 4.86. The minimum Gasteiger partial charge on any atom is -0.133 e. The largest absolute Gasteiger partial charge is 0.133 e. The quantitative estimate of drug-likeness (QED) is 0.488. The maximum Gasteiger partial charge on any atom is 0.0857 e. The van der Waals surface area contributed by atoms with Crippen molar-refractivity contribution in [2.45, 2.75) is 12.3 Å². The van der Waals surface area contributed by atoms with Crippen molar-refractivity contribution in [3.63, 3.8) is 0 Å². The fraction of sp³-hybridized carbons (Fsp3) is 0.167. The lowest BCUT2D eigenvalue weighted by molar-refractivity contribution is 1.12. The molecule has 0 fully saturated rings. The summed E-state index contributed by atoms with van der Waals surface area (Å²) in [6.45, 7) is 2.07. The number of hydrogen-bond acceptors (Lipinski definition) is 1. The van der Waals surface area contributed by atoms with Crippen LogP contribution in [0.4, 0.5) is 0 Å². The Bertz CT molecular complexity index is 551. The fourth-order valence-electron chi connectivity index (χ4n) is 1.58. The topological polar surface area (TPSA) is 0 Å². The lowest BCUT2D eigenvalue weighted by atomic mass is 10.1. The summed E-state index contributed by atoms with van der Waals surface area (Å²) in [6, 6.07) is 7.74. The van der Waals surface area contributed by atoms with Crippen LogP contribution >= 0.6 is 66.4 Å². The van der Waals surface area contributed by atoms with Gasteiger partial charge in [-0.1, -0.05) is 33.6 Å². The Morgan fingerprint density at radius 1 is 1.18 bits per heavy atom. The Morgan fingerprint density at radius 2 is 1.88 bits per heavy atom. The van der Waals surface area contributed by atoms with Gasteiger partial charge in [0, 0.05) is 14.4 Å². The second kappa shape index (κ2) is 5.62. The van der Waals surface area contributed by atoms with E-state index in [1.807, 2.05) is 18.2 Å². The van der Waals surface area contributed by atoms with Crippen LogP contribution in [-0.2, 0) is 0 Å². The van der Waals surface area contributed by atoms with Gasteiger partial charge in [-0.2, -0.15) is 0 Å². The smallest absolute Gasteiger partial charge is 0.0857 e. The van der Waals surface area contributed by atoms with Crippen molar-refractivity contribution in [2.75, 3.05) is 0 Å². The molecule has 90 valence electrons. The molecule has 2 aromatic rings. The number of alkyl halides is 1. The molecular weight excluding hydrogens is 407 g/mol. The molecule has 1 aromatic heterocycles. The summed E-state index contributed by atoms with van der Waals surface area (Å²) < 4.78 is 2.03. The van der Waals surface area contributed by atoms with Gasteiger partial charge in [0.1, 0.15) is 0 Å². The van der Waals surface area contributed by atoms with E-state index in [1.165, 1.54) is 4.88 Å². The van der Waals surface area contributed by atoms with Crippen molar-refractivity contribution in [3.05, 3.63) is 53.6 Å². The van der Waals surface area contributed by atoms with E-state index in [4.69, 9.17) is 23.2 Å². The highest BCUT2D eigenvalue weighted by molar-refractivity contribution is 9.11. The molecule has 2 rings (SSSR count). The number of thiophene rings is 1. The van der Waals surface area contributed by atoms with E-state index < -0.39 is 0 Å². The summed E-state index contributed by atoms with van der Waals surface area (Å²) in [7, 11) is 0. The van der Waals surface area contributed by atoms with Crippen LogP contribution in [0.1, 0.15) is 21.4 Å². The molecule has 0 aliphatic carbocycles. The predicted molar refractivity (Wildman–Crippen MR) is 83.6 cm³/mol. The summed E-state index contributed by atoms with van der Waals surface area (Å²) >= 11 is 21.1. The van der Waals surface area contributed by atoms with Gasteiger partial charge >= 0.3 is 0 Å². The molecule has 0 bridgehead atoms. The van der Waals surface area contributed by atoms with Gasteiger partial charge in [-0.05, 0) is 52.2 Å². The Kier molecular flexibility index (Phi) is 4.59. The minimum absolute atomic E-state index is 0.163. The summed E-state index contributed by atoms with van der Waals surface area (Å²) in [5.41, 5.74) is 2.16. The lowest BCUT2D eigenvalue weighted by Gasteiger charge is -2.12. The van der Waals surface area contributed by atoms with Crippen LogP contribution in [0.5, 0.6) is 0 Å². The molecule has 0 aliphatic heterocycles. The van der Waals surface area contributed by atoms with Crippen LogP contribution in [0.25, 0.3) is 0 Å². The molecule has 1 atom stereocenters. The van der Waals surface area contributed by atoms with Gasteiger partial charge in [0.2, 0.25) is 0 Å². The van der Waals surface area contributed by atoms with E-state index in [-0.39, 0.29) is 5.38 Å². The Labute approximate surface area is 131 Å². The number of aryl methyl sites for hydroxylation is 1. The average molecular weight is 415 g/mol. The zero-order valence-electron chi connectivity index (χ0n) is 8.81. The second-order valence-electron chi connectivity index (χ2n) is 3.59. The average Bonchev–Trinajstić information content (AvgIpc) is 2.57. The Morgan fingerprint density at radius 3 is 2.41 bits per heavy atom. The van der Waals surface area contributed by atoms with Crippen LogP contribution in [0, 0.1) is 6.92 Å². The highest BCUT2D eigenvalue weighted by Gasteiger charge is 2.18. The van der Waals surface area contributed by atoms with Crippen molar-refractivity contribution in [1.82, 2.24) is 0 Å². The van der Waals surface area contributed by atoms with Gasteiger partial charge in [-0.15, -0.1) is 22.9 Å². The van der Waals surface area contributed by atoms with E-state index >= 15 is 0 Å². The molecule has 0 N–H and O–H groups in total. The van der Waals surface area contributed by atoms with Gasteiger partial charge in [0.25, 0.3) is 0 Å². The van der Waals surface area contributed by atoms with Crippen molar-refractivity contribution in [2.24, 2.45) is 0 Å². The van der Waals surface area contributed by atoms with E-state index in [2.05, 4.69) is 44.8 Å².